The van der Waals surface area contributed by atoms with Crippen LogP contribution in [0.5, 0.6) is 17.2 Å². The minimum absolute atomic E-state index is 0.211. The quantitative estimate of drug-likeness (QED) is 0.602. The Morgan fingerprint density at radius 3 is 2.93 bits per heavy atom. The Labute approximate surface area is 157 Å². The van der Waals surface area contributed by atoms with E-state index < -0.39 is 0 Å². The number of hydrogen-bond donors (Lipinski definition) is 1. The number of carbonyl (C=O) groups excluding carboxylic acids is 1. The van der Waals surface area contributed by atoms with Gasteiger partial charge >= 0.3 is 0 Å². The van der Waals surface area contributed by atoms with Crippen LogP contribution in [0, 0.1) is 11.3 Å². The van der Waals surface area contributed by atoms with Gasteiger partial charge in [0.1, 0.15) is 11.8 Å². The first-order chi connectivity index (χ1) is 13.2. The molecule has 0 atom stereocenters. The van der Waals surface area contributed by atoms with E-state index in [1.165, 1.54) is 0 Å². The van der Waals surface area contributed by atoms with Crippen LogP contribution >= 0.6 is 0 Å². The summed E-state index contributed by atoms with van der Waals surface area (Å²) in [5.41, 5.74) is 4.75. The summed E-state index contributed by atoms with van der Waals surface area (Å²) in [5.74, 6) is 1.50. The molecule has 1 aliphatic heterocycles. The molecular weight excluding hydrogens is 346 g/mol. The van der Waals surface area contributed by atoms with Gasteiger partial charge in [-0.3, -0.25) is 4.79 Å². The fourth-order valence-corrected chi connectivity index (χ4v) is 2.50. The van der Waals surface area contributed by atoms with Crippen molar-refractivity contribution in [1.29, 1.82) is 5.26 Å². The third-order valence-corrected chi connectivity index (χ3v) is 3.95. The topological polar surface area (TPSA) is 92.9 Å². The summed E-state index contributed by atoms with van der Waals surface area (Å²) < 4.78 is 16.0. The van der Waals surface area contributed by atoms with Gasteiger partial charge in [-0.15, -0.1) is 0 Å². The van der Waals surface area contributed by atoms with Gasteiger partial charge in [0.25, 0.3) is 5.91 Å². The summed E-state index contributed by atoms with van der Waals surface area (Å²) in [6.45, 7) is 1.89. The average Bonchev–Trinajstić information content (AvgIpc) is 3.17. The number of nitrogens with one attached hydrogen (secondary N) is 1. The second-order valence-electron chi connectivity index (χ2n) is 5.97. The summed E-state index contributed by atoms with van der Waals surface area (Å²) in [6.07, 6.45) is 1.46. The number of benzene rings is 2. The number of amides is 1. The Hall–Kier alpha value is -3.53. The van der Waals surface area contributed by atoms with E-state index in [0.29, 0.717) is 17.7 Å². The van der Waals surface area contributed by atoms with Crippen molar-refractivity contribution in [3.05, 3.63) is 53.6 Å². The summed E-state index contributed by atoms with van der Waals surface area (Å²) in [6, 6.07) is 14.6. The molecule has 0 fully saturated rings. The zero-order valence-electron chi connectivity index (χ0n) is 14.9. The molecule has 7 heteroatoms. The summed E-state index contributed by atoms with van der Waals surface area (Å²) in [7, 11) is 0. The number of para-hydroxylation sites is 1. The van der Waals surface area contributed by atoms with E-state index in [9.17, 15) is 4.79 Å². The van der Waals surface area contributed by atoms with Crippen LogP contribution in [-0.2, 0) is 11.2 Å². The molecule has 0 aliphatic carbocycles. The maximum absolute atomic E-state index is 11.9. The Morgan fingerprint density at radius 1 is 1.26 bits per heavy atom. The van der Waals surface area contributed by atoms with Crippen LogP contribution in [0.15, 0.2) is 47.6 Å². The number of rotatable bonds is 7. The molecule has 1 heterocycles. The molecule has 0 aromatic heterocycles. The second kappa shape index (κ2) is 8.72. The molecular formula is C20H19N3O4. The van der Waals surface area contributed by atoms with Crippen LogP contribution in [0.1, 0.15) is 24.5 Å². The Balaban J connectivity index is 1.44. The van der Waals surface area contributed by atoms with E-state index in [-0.39, 0.29) is 19.3 Å². The first kappa shape index (κ1) is 18.3. The van der Waals surface area contributed by atoms with E-state index in [0.717, 1.165) is 29.2 Å². The van der Waals surface area contributed by atoms with Crippen LogP contribution < -0.4 is 19.6 Å². The number of fused-ring (bicyclic) bond motifs is 1. The summed E-state index contributed by atoms with van der Waals surface area (Å²) >= 11 is 0. The lowest BCUT2D eigenvalue weighted by atomic mass is 10.1. The number of hydrogen-bond acceptors (Lipinski definition) is 6. The lowest BCUT2D eigenvalue weighted by Crippen LogP contribution is -2.25. The molecule has 0 unspecified atom stereocenters. The normalized spacial score (nSPS) is 12.4. The number of nitrogens with zero attached hydrogens (tertiary/aromatic N) is 2. The van der Waals surface area contributed by atoms with E-state index in [2.05, 4.69) is 10.5 Å². The highest BCUT2D eigenvalue weighted by molar-refractivity contribution is 5.85. The van der Waals surface area contributed by atoms with Crippen LogP contribution in [0.4, 0.5) is 0 Å². The second-order valence-corrected chi connectivity index (χ2v) is 5.97. The van der Waals surface area contributed by atoms with Crippen LogP contribution in [0.25, 0.3) is 0 Å². The lowest BCUT2D eigenvalue weighted by molar-refractivity contribution is -0.123. The largest absolute Gasteiger partial charge is 0.482 e. The molecule has 138 valence electrons. The Bertz CT molecular complexity index is 902. The van der Waals surface area contributed by atoms with Gasteiger partial charge in [-0.25, -0.2) is 5.43 Å². The molecule has 3 rings (SSSR count). The third kappa shape index (κ3) is 4.98. The number of carbonyl (C=O) groups is 1. The van der Waals surface area contributed by atoms with E-state index >= 15 is 0 Å². The zero-order valence-corrected chi connectivity index (χ0v) is 14.9. The van der Waals surface area contributed by atoms with Gasteiger partial charge in [-0.1, -0.05) is 18.2 Å². The predicted molar refractivity (Wildman–Crippen MR) is 98.8 cm³/mol. The number of aryl methyl sites for hydroxylation is 1. The molecule has 1 amide bonds. The van der Waals surface area contributed by atoms with Gasteiger partial charge in [-0.2, -0.15) is 10.4 Å². The number of nitriles is 1. The van der Waals surface area contributed by atoms with Crippen molar-refractivity contribution in [2.75, 3.05) is 13.4 Å². The van der Waals surface area contributed by atoms with Crippen LogP contribution in [0.3, 0.4) is 0 Å². The summed E-state index contributed by atoms with van der Waals surface area (Å²) in [5, 5.41) is 13.1. The number of ether oxygens (including phenoxy) is 3. The van der Waals surface area contributed by atoms with Crippen molar-refractivity contribution in [1.82, 2.24) is 5.43 Å². The van der Waals surface area contributed by atoms with Gasteiger partial charge < -0.3 is 14.2 Å². The monoisotopic (exact) mass is 365 g/mol. The van der Waals surface area contributed by atoms with Crippen molar-refractivity contribution in [2.24, 2.45) is 5.10 Å². The predicted octanol–water partition coefficient (Wildman–Crippen LogP) is 2.79. The molecule has 0 saturated heterocycles. The molecule has 1 N–H and O–H groups in total. The molecule has 27 heavy (non-hydrogen) atoms. The Morgan fingerprint density at radius 2 is 2.07 bits per heavy atom. The maximum atomic E-state index is 11.9. The van der Waals surface area contributed by atoms with Crippen molar-refractivity contribution in [2.45, 2.75) is 19.8 Å². The van der Waals surface area contributed by atoms with Gasteiger partial charge in [0.05, 0.1) is 5.56 Å². The van der Waals surface area contributed by atoms with E-state index in [4.69, 9.17) is 19.5 Å². The first-order valence-electron chi connectivity index (χ1n) is 8.48. The molecule has 0 saturated carbocycles. The molecule has 0 radical (unpaired) electrons. The standard InChI is InChI=1S/C20H19N3O4/c1-14(6-7-15-8-9-18-19(10-15)27-13-26-18)22-23-20(24)12-25-17-5-3-2-4-16(17)11-21/h2-5,8-10H,6-7,12-13H2,1H3,(H,23,24)/b22-14+. The van der Waals surface area contributed by atoms with Crippen LogP contribution in [0.2, 0.25) is 0 Å². The van der Waals surface area contributed by atoms with Gasteiger partial charge in [0, 0.05) is 5.71 Å². The van der Waals surface area contributed by atoms with Crippen molar-refractivity contribution < 1.29 is 19.0 Å². The fourth-order valence-electron chi connectivity index (χ4n) is 2.50. The fraction of sp³-hybridized carbons (Fsp3) is 0.250. The van der Waals surface area contributed by atoms with Crippen molar-refractivity contribution in [3.8, 4) is 23.3 Å². The van der Waals surface area contributed by atoms with Gasteiger partial charge in [-0.05, 0) is 49.6 Å². The number of hydrazone groups is 1. The molecule has 7 nitrogen and oxygen atoms in total. The zero-order chi connectivity index (χ0) is 19.1. The lowest BCUT2D eigenvalue weighted by Gasteiger charge is -2.07. The third-order valence-electron chi connectivity index (χ3n) is 3.95. The Kier molecular flexibility index (Phi) is 5.90. The molecule has 0 spiro atoms. The van der Waals surface area contributed by atoms with E-state index in [1.807, 2.05) is 31.2 Å². The minimum atomic E-state index is -0.384. The molecule has 1 aliphatic rings. The highest BCUT2D eigenvalue weighted by atomic mass is 16.7. The highest BCUT2D eigenvalue weighted by Crippen LogP contribution is 2.32. The minimum Gasteiger partial charge on any atom is -0.482 e. The summed E-state index contributed by atoms with van der Waals surface area (Å²) in [4.78, 5) is 11.9. The smallest absolute Gasteiger partial charge is 0.277 e. The molecule has 0 bridgehead atoms. The maximum Gasteiger partial charge on any atom is 0.277 e. The van der Waals surface area contributed by atoms with E-state index in [1.54, 1.807) is 24.3 Å². The van der Waals surface area contributed by atoms with Gasteiger partial charge in [0.2, 0.25) is 6.79 Å². The first-order valence-corrected chi connectivity index (χ1v) is 8.48. The molecule has 2 aromatic carbocycles. The van der Waals surface area contributed by atoms with Crippen molar-refractivity contribution in [3.63, 3.8) is 0 Å². The molecule has 2 aromatic rings. The average molecular weight is 365 g/mol. The SMILES string of the molecule is C/C(CCc1ccc2c(c1)OCO2)=N\NC(=O)COc1ccccc1C#N. The van der Waals surface area contributed by atoms with Crippen LogP contribution in [-0.4, -0.2) is 25.0 Å². The van der Waals surface area contributed by atoms with Crippen molar-refractivity contribution >= 4 is 11.6 Å². The highest BCUT2D eigenvalue weighted by Gasteiger charge is 2.13. The van der Waals surface area contributed by atoms with Gasteiger partial charge in [0.15, 0.2) is 18.1 Å².